The third kappa shape index (κ3) is 6.66. The number of aromatic nitrogens is 4. The number of nitrogens with one attached hydrogen (secondary N) is 3. The number of hydrogen-bond acceptors (Lipinski definition) is 8. The Labute approximate surface area is 271 Å². The van der Waals surface area contributed by atoms with E-state index in [9.17, 15) is 13.2 Å². The minimum atomic E-state index is -3.24. The molecule has 45 heavy (non-hydrogen) atoms. The molecule has 0 aliphatic carbocycles. The van der Waals surface area contributed by atoms with Crippen LogP contribution < -0.4 is 10.6 Å². The van der Waals surface area contributed by atoms with Crippen LogP contribution in [0.2, 0.25) is 0 Å². The molecule has 240 valence electrons. The topological polar surface area (TPSA) is 137 Å². The van der Waals surface area contributed by atoms with Crippen LogP contribution in [0.15, 0.2) is 41.0 Å². The molecule has 0 bridgehead atoms. The number of amides is 1. The van der Waals surface area contributed by atoms with Crippen LogP contribution in [0.5, 0.6) is 0 Å². The number of fused-ring (bicyclic) bond motifs is 1. The number of hydrogen-bond donors (Lipinski definition) is 3. The Hall–Kier alpha value is -3.30. The van der Waals surface area contributed by atoms with Gasteiger partial charge in [0.2, 0.25) is 10.0 Å². The first-order valence-electron chi connectivity index (χ1n) is 15.3. The first-order chi connectivity index (χ1) is 21.6. The van der Waals surface area contributed by atoms with Gasteiger partial charge in [0.1, 0.15) is 11.3 Å². The maximum absolute atomic E-state index is 13.0. The summed E-state index contributed by atoms with van der Waals surface area (Å²) in [6.45, 7) is 11.3. The van der Waals surface area contributed by atoms with Crippen LogP contribution in [0.1, 0.15) is 35.1 Å². The number of sulfonamides is 1. The minimum Gasteiger partial charge on any atom is -0.379 e. The highest BCUT2D eigenvalue weighted by Crippen LogP contribution is 2.34. The fourth-order valence-corrected chi connectivity index (χ4v) is 7.68. The highest BCUT2D eigenvalue weighted by molar-refractivity contribution is 9.10. The molecule has 2 fully saturated rings. The smallest absolute Gasteiger partial charge is 0.251 e. The Bertz CT molecular complexity index is 1820. The molecule has 1 amide bonds. The van der Waals surface area contributed by atoms with E-state index in [0.29, 0.717) is 48.6 Å². The van der Waals surface area contributed by atoms with Crippen molar-refractivity contribution >= 4 is 48.7 Å². The number of imidazole rings is 1. The molecule has 4 aromatic rings. The summed E-state index contributed by atoms with van der Waals surface area (Å²) < 4.78 is 34.6. The van der Waals surface area contributed by atoms with Gasteiger partial charge in [0.15, 0.2) is 5.65 Å². The first-order valence-corrected chi connectivity index (χ1v) is 17.7. The summed E-state index contributed by atoms with van der Waals surface area (Å²) in [6.07, 6.45) is 2.43. The average Bonchev–Trinajstić information content (AvgIpc) is 3.76. The molecule has 0 unspecified atom stereocenters. The molecule has 0 saturated carbocycles. The molecule has 2 aliphatic heterocycles. The second-order valence-corrected chi connectivity index (χ2v) is 14.6. The van der Waals surface area contributed by atoms with E-state index in [-0.39, 0.29) is 17.7 Å². The fraction of sp³-hybridized carbons (Fsp3) is 0.452. The summed E-state index contributed by atoms with van der Waals surface area (Å²) in [7, 11) is -3.24. The number of rotatable bonds is 10. The number of carbonyl (C=O) groups excluding carboxylic acids is 1. The van der Waals surface area contributed by atoms with Crippen molar-refractivity contribution < 1.29 is 17.9 Å². The van der Waals surface area contributed by atoms with E-state index in [1.54, 1.807) is 17.4 Å². The molecule has 12 nitrogen and oxygen atoms in total. The fourth-order valence-electron chi connectivity index (χ4n) is 6.12. The molecule has 1 aromatic carbocycles. The Morgan fingerprint density at radius 3 is 2.76 bits per heavy atom. The highest BCUT2D eigenvalue weighted by Gasteiger charge is 2.31. The molecule has 0 radical (unpaired) electrons. The lowest BCUT2D eigenvalue weighted by Crippen LogP contribution is -2.41. The number of aromatic amines is 1. The quantitative estimate of drug-likeness (QED) is 0.228. The predicted molar refractivity (Wildman–Crippen MR) is 178 cm³/mol. The van der Waals surface area contributed by atoms with Gasteiger partial charge in [-0.25, -0.2) is 18.4 Å². The molecule has 1 atom stereocenters. The largest absolute Gasteiger partial charge is 0.379 e. The van der Waals surface area contributed by atoms with Crippen molar-refractivity contribution in [3.8, 4) is 17.1 Å². The number of nitrogens with zero attached hydrogens (tertiary/aromatic N) is 5. The summed E-state index contributed by atoms with van der Waals surface area (Å²) in [5.74, 6) is 0.674. The minimum absolute atomic E-state index is 0.0396. The maximum Gasteiger partial charge on any atom is 0.251 e. The molecule has 2 aliphatic rings. The normalized spacial score (nSPS) is 18.1. The van der Waals surface area contributed by atoms with Crippen molar-refractivity contribution in [3.63, 3.8) is 0 Å². The second-order valence-electron chi connectivity index (χ2n) is 11.5. The van der Waals surface area contributed by atoms with Gasteiger partial charge in [-0.1, -0.05) is 6.07 Å². The Morgan fingerprint density at radius 2 is 1.98 bits per heavy atom. The summed E-state index contributed by atoms with van der Waals surface area (Å²) in [5, 5.41) is 6.58. The van der Waals surface area contributed by atoms with E-state index in [0.717, 1.165) is 65.6 Å². The summed E-state index contributed by atoms with van der Waals surface area (Å²) in [5.41, 5.74) is 6.49. The molecule has 6 rings (SSSR count). The monoisotopic (exact) mass is 698 g/mol. The molecular weight excluding hydrogens is 660 g/mol. The number of benzene rings is 1. The van der Waals surface area contributed by atoms with Crippen LogP contribution in [0.3, 0.4) is 0 Å². The lowest BCUT2D eigenvalue weighted by Gasteiger charge is -2.26. The number of anilines is 1. The standard InChI is InChI=1S/C31H39BrN8O4S/c1-4-45(42,43)39-10-8-23(19-39)35-27-26(32)18-34-30-28(27)36-29(37-30)25-16-20(2)40(21(25)3)24-7-5-6-22(17-24)31(41)33-9-11-38-12-14-44-15-13-38/h5-7,16-18,23H,4,8-15,19H2,1-3H3,(H,33,41)(H2,34,35,36,37)/t23-/m0/s1. The van der Waals surface area contributed by atoms with E-state index in [2.05, 4.69) is 52.1 Å². The van der Waals surface area contributed by atoms with Gasteiger partial charge in [0.25, 0.3) is 5.91 Å². The second kappa shape index (κ2) is 13.2. The van der Waals surface area contributed by atoms with Gasteiger partial charge in [0.05, 0.1) is 29.1 Å². The molecule has 3 N–H and O–H groups in total. The van der Waals surface area contributed by atoms with Crippen LogP contribution >= 0.6 is 15.9 Å². The van der Waals surface area contributed by atoms with Crippen LogP contribution in [0, 0.1) is 13.8 Å². The number of ether oxygens (including phenoxy) is 1. The van der Waals surface area contributed by atoms with Crippen molar-refractivity contribution in [2.75, 3.05) is 63.6 Å². The zero-order valence-electron chi connectivity index (χ0n) is 25.8. The number of halogens is 1. The molecule has 5 heterocycles. The molecule has 14 heteroatoms. The van der Waals surface area contributed by atoms with Crippen LogP contribution in [0.25, 0.3) is 28.2 Å². The van der Waals surface area contributed by atoms with Gasteiger partial charge < -0.3 is 24.9 Å². The first kappa shape index (κ1) is 31.7. The average molecular weight is 700 g/mol. The van der Waals surface area contributed by atoms with Gasteiger partial charge in [-0.05, 0) is 67.4 Å². The maximum atomic E-state index is 13.0. The number of aryl methyl sites for hydroxylation is 1. The zero-order valence-corrected chi connectivity index (χ0v) is 28.2. The number of morpholine rings is 1. The van der Waals surface area contributed by atoms with E-state index in [1.165, 1.54) is 0 Å². The predicted octanol–water partition coefficient (Wildman–Crippen LogP) is 3.69. The van der Waals surface area contributed by atoms with Crippen LogP contribution in [-0.2, 0) is 14.8 Å². The zero-order chi connectivity index (χ0) is 31.7. The number of pyridine rings is 1. The van der Waals surface area contributed by atoms with Crippen molar-refractivity contribution in [1.82, 2.24) is 34.0 Å². The van der Waals surface area contributed by atoms with E-state index in [4.69, 9.17) is 9.72 Å². The Balaban J connectivity index is 1.22. The Kier molecular flexibility index (Phi) is 9.29. The third-order valence-electron chi connectivity index (χ3n) is 8.60. The number of H-pyrrole nitrogens is 1. The lowest BCUT2D eigenvalue weighted by atomic mass is 10.1. The van der Waals surface area contributed by atoms with Crippen LogP contribution in [-0.4, -0.2) is 107 Å². The Morgan fingerprint density at radius 1 is 1.18 bits per heavy atom. The van der Waals surface area contributed by atoms with Gasteiger partial charge in [0, 0.05) is 79.7 Å². The highest BCUT2D eigenvalue weighted by atomic mass is 79.9. The molecule has 2 saturated heterocycles. The summed E-state index contributed by atoms with van der Waals surface area (Å²) in [4.78, 5) is 28.2. The van der Waals surface area contributed by atoms with Crippen molar-refractivity contribution in [2.45, 2.75) is 33.2 Å². The van der Waals surface area contributed by atoms with Gasteiger partial charge in [-0.15, -0.1) is 0 Å². The van der Waals surface area contributed by atoms with E-state index >= 15 is 0 Å². The van der Waals surface area contributed by atoms with Crippen LogP contribution in [0.4, 0.5) is 5.69 Å². The van der Waals surface area contributed by atoms with Crippen molar-refractivity contribution in [3.05, 3.63) is 58.0 Å². The third-order valence-corrected chi connectivity index (χ3v) is 11.0. The molecule has 0 spiro atoms. The van der Waals surface area contributed by atoms with E-state index < -0.39 is 10.0 Å². The molecule has 3 aromatic heterocycles. The lowest BCUT2D eigenvalue weighted by molar-refractivity contribution is 0.0383. The van der Waals surface area contributed by atoms with Crippen molar-refractivity contribution in [2.24, 2.45) is 0 Å². The van der Waals surface area contributed by atoms with Gasteiger partial charge >= 0.3 is 0 Å². The van der Waals surface area contributed by atoms with Gasteiger partial charge in [-0.2, -0.15) is 4.31 Å². The SMILES string of the molecule is CCS(=O)(=O)N1CC[C@H](Nc2c(Br)cnc3[nH]c(-c4cc(C)n(-c5cccc(C(=O)NCCN6CCOCC6)c5)c4C)nc23)C1. The summed E-state index contributed by atoms with van der Waals surface area (Å²) >= 11 is 3.62. The molecular formula is C31H39BrN8O4S. The summed E-state index contributed by atoms with van der Waals surface area (Å²) in [6, 6.07) is 9.69. The van der Waals surface area contributed by atoms with Gasteiger partial charge in [-0.3, -0.25) is 9.69 Å². The van der Waals surface area contributed by atoms with E-state index in [1.807, 2.05) is 38.1 Å². The number of carbonyl (C=O) groups is 1. The van der Waals surface area contributed by atoms with Crippen molar-refractivity contribution in [1.29, 1.82) is 0 Å².